The van der Waals surface area contributed by atoms with E-state index >= 15 is 0 Å². The van der Waals surface area contributed by atoms with Gasteiger partial charge in [0.15, 0.2) is 5.11 Å². The molecule has 0 saturated carbocycles. The molecule has 0 spiro atoms. The summed E-state index contributed by atoms with van der Waals surface area (Å²) in [6, 6.07) is 13.0. The van der Waals surface area contributed by atoms with Crippen molar-refractivity contribution in [3.63, 3.8) is 0 Å². The van der Waals surface area contributed by atoms with Gasteiger partial charge < -0.3 is 16.0 Å². The number of thiocarbonyl (C=S) groups is 1. The Hall–Kier alpha value is -2.47. The van der Waals surface area contributed by atoms with Crippen molar-refractivity contribution in [3.8, 4) is 0 Å². The van der Waals surface area contributed by atoms with Crippen LogP contribution >= 0.6 is 12.2 Å². The summed E-state index contributed by atoms with van der Waals surface area (Å²) in [5.41, 5.74) is 1.64. The van der Waals surface area contributed by atoms with Crippen molar-refractivity contribution in [1.82, 2.24) is 15.6 Å². The van der Waals surface area contributed by atoms with Gasteiger partial charge >= 0.3 is 0 Å². The zero-order valence-corrected chi connectivity index (χ0v) is 15.0. The lowest BCUT2D eigenvalue weighted by molar-refractivity contribution is 0.0953. The van der Waals surface area contributed by atoms with Crippen LogP contribution in [0.15, 0.2) is 54.9 Å². The monoisotopic (exact) mass is 356 g/mol. The first-order valence-electron chi connectivity index (χ1n) is 8.54. The van der Waals surface area contributed by atoms with Gasteiger partial charge in [0.05, 0.1) is 0 Å². The second-order valence-corrected chi connectivity index (χ2v) is 6.06. The number of anilines is 1. The van der Waals surface area contributed by atoms with Crippen molar-refractivity contribution in [1.29, 1.82) is 0 Å². The Bertz CT molecular complexity index is 649. The summed E-state index contributed by atoms with van der Waals surface area (Å²) < 4.78 is 0. The summed E-state index contributed by atoms with van der Waals surface area (Å²) in [7, 11) is 0. The van der Waals surface area contributed by atoms with Crippen LogP contribution in [-0.2, 0) is 0 Å². The van der Waals surface area contributed by atoms with Crippen LogP contribution in [0.3, 0.4) is 0 Å². The molecule has 0 atom stereocenters. The Balaban J connectivity index is 1.46. The van der Waals surface area contributed by atoms with Gasteiger partial charge in [-0.2, -0.15) is 0 Å². The topological polar surface area (TPSA) is 66.1 Å². The molecule has 1 amide bonds. The van der Waals surface area contributed by atoms with E-state index in [1.165, 1.54) is 0 Å². The zero-order valence-electron chi connectivity index (χ0n) is 14.2. The first kappa shape index (κ1) is 18.9. The summed E-state index contributed by atoms with van der Waals surface area (Å²) in [5.74, 6) is -0.00481. The molecule has 1 aromatic heterocycles. The molecule has 5 nitrogen and oxygen atoms in total. The Kier molecular flexibility index (Phi) is 8.41. The standard InChI is InChI=1S/C19H24N4OS/c24-18(16-8-4-3-5-9-16)21-12-6-1-2-7-13-22-19(25)23-17-10-14-20-15-11-17/h3-5,8-11,14-15H,1-2,6-7,12-13H2,(H,21,24)(H2,20,22,23,25). The van der Waals surface area contributed by atoms with Crippen LogP contribution < -0.4 is 16.0 Å². The molecule has 3 N–H and O–H groups in total. The van der Waals surface area contributed by atoms with E-state index in [-0.39, 0.29) is 5.91 Å². The maximum absolute atomic E-state index is 11.9. The Labute approximate surface area is 154 Å². The largest absolute Gasteiger partial charge is 0.362 e. The van der Waals surface area contributed by atoms with E-state index in [1.54, 1.807) is 12.4 Å². The molecular formula is C19H24N4OS. The van der Waals surface area contributed by atoms with Gasteiger partial charge in [0.25, 0.3) is 5.91 Å². The lowest BCUT2D eigenvalue weighted by Crippen LogP contribution is -2.29. The van der Waals surface area contributed by atoms with Gasteiger partial charge in [-0.3, -0.25) is 9.78 Å². The van der Waals surface area contributed by atoms with Crippen LogP contribution in [-0.4, -0.2) is 29.1 Å². The molecule has 0 bridgehead atoms. The molecule has 2 aromatic rings. The number of nitrogens with zero attached hydrogens (tertiary/aromatic N) is 1. The highest BCUT2D eigenvalue weighted by Gasteiger charge is 2.02. The molecule has 0 aliphatic heterocycles. The minimum absolute atomic E-state index is 0.00481. The molecule has 2 rings (SSSR count). The average molecular weight is 356 g/mol. The summed E-state index contributed by atoms with van der Waals surface area (Å²) in [6.07, 6.45) is 7.67. The molecule has 1 aromatic carbocycles. The number of unbranched alkanes of at least 4 members (excludes halogenated alkanes) is 3. The maximum atomic E-state index is 11.9. The lowest BCUT2D eigenvalue weighted by atomic mass is 10.2. The summed E-state index contributed by atoms with van der Waals surface area (Å²) in [4.78, 5) is 15.8. The second-order valence-electron chi connectivity index (χ2n) is 5.65. The van der Waals surface area contributed by atoms with Gasteiger partial charge in [-0.1, -0.05) is 31.0 Å². The third-order valence-electron chi connectivity index (χ3n) is 3.65. The minimum Gasteiger partial charge on any atom is -0.362 e. The average Bonchev–Trinajstić information content (AvgIpc) is 2.65. The van der Waals surface area contributed by atoms with Crippen LogP contribution in [0.2, 0.25) is 0 Å². The van der Waals surface area contributed by atoms with Crippen molar-refractivity contribution in [2.75, 3.05) is 18.4 Å². The number of benzene rings is 1. The van der Waals surface area contributed by atoms with E-state index in [2.05, 4.69) is 20.9 Å². The molecule has 0 saturated heterocycles. The van der Waals surface area contributed by atoms with E-state index in [0.717, 1.165) is 37.9 Å². The zero-order chi connectivity index (χ0) is 17.7. The molecule has 6 heteroatoms. The van der Waals surface area contributed by atoms with E-state index in [0.29, 0.717) is 17.2 Å². The molecule has 0 radical (unpaired) electrons. The van der Waals surface area contributed by atoms with Crippen LogP contribution in [0, 0.1) is 0 Å². The first-order chi connectivity index (χ1) is 12.3. The quantitative estimate of drug-likeness (QED) is 0.475. The smallest absolute Gasteiger partial charge is 0.251 e. The number of pyridine rings is 1. The molecule has 25 heavy (non-hydrogen) atoms. The number of amides is 1. The van der Waals surface area contributed by atoms with Crippen molar-refractivity contribution in [2.45, 2.75) is 25.7 Å². The first-order valence-corrected chi connectivity index (χ1v) is 8.94. The van der Waals surface area contributed by atoms with Crippen LogP contribution in [0.1, 0.15) is 36.0 Å². The van der Waals surface area contributed by atoms with Crippen LogP contribution in [0.25, 0.3) is 0 Å². The lowest BCUT2D eigenvalue weighted by Gasteiger charge is -2.10. The highest BCUT2D eigenvalue weighted by molar-refractivity contribution is 7.80. The third kappa shape index (κ3) is 7.76. The van der Waals surface area contributed by atoms with Gasteiger partial charge in [0.1, 0.15) is 0 Å². The highest BCUT2D eigenvalue weighted by Crippen LogP contribution is 2.03. The molecule has 132 valence electrons. The number of aromatic nitrogens is 1. The Morgan fingerprint density at radius 1 is 0.880 bits per heavy atom. The van der Waals surface area contributed by atoms with Crippen molar-refractivity contribution in [2.24, 2.45) is 0 Å². The number of carbonyl (C=O) groups excluding carboxylic acids is 1. The van der Waals surface area contributed by atoms with Gasteiger partial charge in [-0.05, 0) is 49.3 Å². The van der Waals surface area contributed by atoms with Gasteiger partial charge in [0.2, 0.25) is 0 Å². The van der Waals surface area contributed by atoms with Crippen molar-refractivity contribution < 1.29 is 4.79 Å². The third-order valence-corrected chi connectivity index (χ3v) is 3.90. The predicted molar refractivity (Wildman–Crippen MR) is 106 cm³/mol. The van der Waals surface area contributed by atoms with E-state index in [4.69, 9.17) is 12.2 Å². The minimum atomic E-state index is -0.00481. The van der Waals surface area contributed by atoms with Gasteiger partial charge in [-0.25, -0.2) is 0 Å². The summed E-state index contributed by atoms with van der Waals surface area (Å²) >= 11 is 5.24. The Morgan fingerprint density at radius 3 is 2.20 bits per heavy atom. The fourth-order valence-electron chi connectivity index (χ4n) is 2.31. The SMILES string of the molecule is O=C(NCCCCCCNC(=S)Nc1ccncc1)c1ccccc1. The fraction of sp³-hybridized carbons (Fsp3) is 0.316. The van der Waals surface area contributed by atoms with E-state index in [9.17, 15) is 4.79 Å². The number of hydrogen-bond donors (Lipinski definition) is 3. The number of hydrogen-bond acceptors (Lipinski definition) is 3. The molecule has 0 aliphatic carbocycles. The molecule has 1 heterocycles. The second kappa shape index (κ2) is 11.1. The molecule has 0 fully saturated rings. The van der Waals surface area contributed by atoms with Gasteiger partial charge in [0, 0.05) is 36.7 Å². The number of nitrogens with one attached hydrogen (secondary N) is 3. The number of rotatable bonds is 9. The predicted octanol–water partition coefficient (Wildman–Crippen LogP) is 3.36. The molecular weight excluding hydrogens is 332 g/mol. The van der Waals surface area contributed by atoms with Crippen LogP contribution in [0.5, 0.6) is 0 Å². The van der Waals surface area contributed by atoms with Crippen molar-refractivity contribution in [3.05, 3.63) is 60.4 Å². The summed E-state index contributed by atoms with van der Waals surface area (Å²) in [5, 5.41) is 9.88. The molecule has 0 unspecified atom stereocenters. The Morgan fingerprint density at radius 2 is 1.52 bits per heavy atom. The van der Waals surface area contributed by atoms with E-state index < -0.39 is 0 Å². The van der Waals surface area contributed by atoms with Crippen molar-refractivity contribution >= 4 is 28.9 Å². The number of carbonyl (C=O) groups is 1. The van der Waals surface area contributed by atoms with Gasteiger partial charge in [-0.15, -0.1) is 0 Å². The normalized spacial score (nSPS) is 10.1. The fourth-order valence-corrected chi connectivity index (χ4v) is 2.53. The molecule has 0 aliphatic rings. The highest BCUT2D eigenvalue weighted by atomic mass is 32.1. The summed E-state index contributed by atoms with van der Waals surface area (Å²) in [6.45, 7) is 1.55. The van der Waals surface area contributed by atoms with E-state index in [1.807, 2.05) is 42.5 Å². The maximum Gasteiger partial charge on any atom is 0.251 e. The van der Waals surface area contributed by atoms with Crippen LogP contribution in [0.4, 0.5) is 5.69 Å².